The summed E-state index contributed by atoms with van der Waals surface area (Å²) in [6, 6.07) is 0. The topological polar surface area (TPSA) is 64.2 Å². The Hall–Kier alpha value is -0.470. The normalized spacial score (nSPS) is 26.7. The van der Waals surface area contributed by atoms with E-state index in [0.717, 1.165) is 25.7 Å². The molecule has 1 aliphatic rings. The Morgan fingerprint density at radius 2 is 2.05 bits per heavy atom. The van der Waals surface area contributed by atoms with E-state index in [1.807, 2.05) is 22.6 Å². The molecule has 5 nitrogen and oxygen atoms in total. The van der Waals surface area contributed by atoms with E-state index in [1.165, 1.54) is 0 Å². The number of ether oxygens (including phenoxy) is 2. The molecule has 0 unspecified atom stereocenters. The molecule has 112 valence electrons. The molecule has 0 radical (unpaired) electrons. The third kappa shape index (κ3) is 3.07. The van der Waals surface area contributed by atoms with Crippen LogP contribution >= 0.6 is 22.6 Å². The summed E-state index contributed by atoms with van der Waals surface area (Å²) in [6.07, 6.45) is 3.95. The number of nitrogens with zero attached hydrogens (tertiary/aromatic N) is 1. The van der Waals surface area contributed by atoms with Crippen LogP contribution in [0, 0.1) is 9.49 Å². The average Bonchev–Trinajstić information content (AvgIpc) is 2.45. The molecule has 0 spiro atoms. The van der Waals surface area contributed by atoms with Gasteiger partial charge in [0.2, 0.25) is 0 Å². The first-order valence-electron chi connectivity index (χ1n) is 6.85. The second-order valence-corrected chi connectivity index (χ2v) is 6.57. The number of rotatable bonds is 4. The quantitative estimate of drug-likeness (QED) is 0.801. The summed E-state index contributed by atoms with van der Waals surface area (Å²) >= 11 is 2.01. The van der Waals surface area contributed by atoms with Crippen LogP contribution in [0.2, 0.25) is 0 Å². The maximum absolute atomic E-state index is 12.1. The van der Waals surface area contributed by atoms with E-state index in [4.69, 9.17) is 9.47 Å². The van der Waals surface area contributed by atoms with Gasteiger partial charge in [0.15, 0.2) is 0 Å². The maximum atomic E-state index is 12.1. The number of nitrogens with one attached hydrogen (secondary N) is 1. The van der Waals surface area contributed by atoms with Crippen molar-refractivity contribution in [1.29, 1.82) is 0 Å². The predicted octanol–water partition coefficient (Wildman–Crippen LogP) is 2.57. The van der Waals surface area contributed by atoms with Crippen LogP contribution in [0.4, 0.5) is 0 Å². The Morgan fingerprint density at radius 3 is 2.60 bits per heavy atom. The fourth-order valence-electron chi connectivity index (χ4n) is 2.72. The van der Waals surface area contributed by atoms with Gasteiger partial charge in [-0.05, 0) is 54.2 Å². The zero-order valence-corrected chi connectivity index (χ0v) is 14.3. The average molecular weight is 392 g/mol. The van der Waals surface area contributed by atoms with Crippen LogP contribution in [0.25, 0.3) is 0 Å². The number of H-pyrrole nitrogens is 1. The smallest absolute Gasteiger partial charge is 0.264 e. The van der Waals surface area contributed by atoms with Crippen molar-refractivity contribution >= 4 is 22.6 Å². The second-order valence-electron chi connectivity index (χ2n) is 5.49. The summed E-state index contributed by atoms with van der Waals surface area (Å²) in [5.74, 6) is 1.34. The van der Waals surface area contributed by atoms with Gasteiger partial charge in [-0.15, -0.1) is 0 Å². The predicted molar refractivity (Wildman–Crippen MR) is 84.6 cm³/mol. The number of aromatic amines is 1. The fraction of sp³-hybridized carbons (Fsp3) is 0.714. The summed E-state index contributed by atoms with van der Waals surface area (Å²) in [4.78, 5) is 19.6. The number of hydrogen-bond donors (Lipinski definition) is 1. The molecule has 2 rings (SSSR count). The lowest BCUT2D eigenvalue weighted by molar-refractivity contribution is -0.0602. The summed E-state index contributed by atoms with van der Waals surface area (Å²) in [5, 5.41) is 0. The lowest BCUT2D eigenvalue weighted by atomic mass is 9.79. The summed E-state index contributed by atoms with van der Waals surface area (Å²) in [5.41, 5.74) is 0.109. The molecule has 0 atom stereocenters. The summed E-state index contributed by atoms with van der Waals surface area (Å²) in [6.45, 7) is 2.59. The van der Waals surface area contributed by atoms with Crippen LogP contribution in [0.3, 0.4) is 0 Å². The Morgan fingerprint density at radius 1 is 1.40 bits per heavy atom. The molecule has 1 aromatic rings. The van der Waals surface area contributed by atoms with Gasteiger partial charge >= 0.3 is 0 Å². The summed E-state index contributed by atoms with van der Waals surface area (Å²) < 4.78 is 11.5. The van der Waals surface area contributed by atoms with Crippen molar-refractivity contribution in [3.63, 3.8) is 0 Å². The molecule has 0 aromatic carbocycles. The molecular weight excluding hydrogens is 371 g/mol. The van der Waals surface area contributed by atoms with Gasteiger partial charge in [-0.3, -0.25) is 4.79 Å². The van der Waals surface area contributed by atoms with Crippen molar-refractivity contribution in [3.8, 4) is 0 Å². The maximum Gasteiger partial charge on any atom is 0.264 e. The minimum Gasteiger partial charge on any atom is -0.378 e. The molecule has 6 heteroatoms. The molecule has 20 heavy (non-hydrogen) atoms. The first-order chi connectivity index (χ1) is 9.52. The van der Waals surface area contributed by atoms with Gasteiger partial charge in [-0.1, -0.05) is 6.92 Å². The molecule has 1 aromatic heterocycles. The summed E-state index contributed by atoms with van der Waals surface area (Å²) in [7, 11) is 3.30. The number of aromatic nitrogens is 2. The van der Waals surface area contributed by atoms with Gasteiger partial charge in [0.25, 0.3) is 5.56 Å². The van der Waals surface area contributed by atoms with Crippen molar-refractivity contribution in [2.45, 2.75) is 44.8 Å². The van der Waals surface area contributed by atoms with Gasteiger partial charge in [0.05, 0.1) is 12.3 Å². The van der Waals surface area contributed by atoms with E-state index in [1.54, 1.807) is 14.2 Å². The van der Waals surface area contributed by atoms with E-state index < -0.39 is 5.60 Å². The van der Waals surface area contributed by atoms with Crippen LogP contribution in [-0.4, -0.2) is 24.2 Å². The van der Waals surface area contributed by atoms with E-state index >= 15 is 0 Å². The van der Waals surface area contributed by atoms with Crippen LogP contribution in [0.5, 0.6) is 0 Å². The SMILES string of the molecule is COCc1nc(C2(OC)CCC(C)CC2)[nH]c(=O)c1I. The second kappa shape index (κ2) is 6.53. The van der Waals surface area contributed by atoms with Crippen molar-refractivity contribution < 1.29 is 9.47 Å². The Kier molecular flexibility index (Phi) is 5.19. The fourth-order valence-corrected chi connectivity index (χ4v) is 3.13. The molecule has 1 fully saturated rings. The first kappa shape index (κ1) is 15.9. The van der Waals surface area contributed by atoms with Crippen LogP contribution in [0.15, 0.2) is 4.79 Å². The van der Waals surface area contributed by atoms with E-state index in [0.29, 0.717) is 27.6 Å². The van der Waals surface area contributed by atoms with Crippen LogP contribution < -0.4 is 5.56 Å². The van der Waals surface area contributed by atoms with Crippen molar-refractivity contribution in [2.24, 2.45) is 5.92 Å². The van der Waals surface area contributed by atoms with E-state index in [2.05, 4.69) is 16.9 Å². The van der Waals surface area contributed by atoms with Crippen molar-refractivity contribution in [3.05, 3.63) is 25.4 Å². The Labute approximate surface area is 132 Å². The number of hydrogen-bond acceptors (Lipinski definition) is 4. The molecule has 0 amide bonds. The number of halogens is 1. The van der Waals surface area contributed by atoms with Crippen molar-refractivity contribution in [2.75, 3.05) is 14.2 Å². The highest BCUT2D eigenvalue weighted by molar-refractivity contribution is 14.1. The van der Waals surface area contributed by atoms with Crippen molar-refractivity contribution in [1.82, 2.24) is 9.97 Å². The minimum atomic E-state index is -0.460. The lowest BCUT2D eigenvalue weighted by Gasteiger charge is -2.37. The van der Waals surface area contributed by atoms with Gasteiger partial charge in [-0.2, -0.15) is 0 Å². The number of methoxy groups -OCH3 is 2. The third-order valence-corrected chi connectivity index (χ3v) is 5.23. The van der Waals surface area contributed by atoms with Gasteiger partial charge in [0, 0.05) is 14.2 Å². The first-order valence-corrected chi connectivity index (χ1v) is 7.93. The Balaban J connectivity index is 2.42. The third-order valence-electron chi connectivity index (χ3n) is 4.12. The molecule has 0 saturated heterocycles. The highest BCUT2D eigenvalue weighted by atomic mass is 127. The molecular formula is C14H21IN2O3. The Bertz CT molecular complexity index is 522. The highest BCUT2D eigenvalue weighted by Crippen LogP contribution is 2.40. The van der Waals surface area contributed by atoms with E-state index in [9.17, 15) is 4.79 Å². The highest BCUT2D eigenvalue weighted by Gasteiger charge is 2.38. The zero-order chi connectivity index (χ0) is 14.8. The van der Waals surface area contributed by atoms with Gasteiger partial charge < -0.3 is 14.5 Å². The molecule has 0 aliphatic heterocycles. The molecule has 1 aliphatic carbocycles. The van der Waals surface area contributed by atoms with Gasteiger partial charge in [-0.25, -0.2) is 4.98 Å². The molecule has 0 bridgehead atoms. The molecule has 1 saturated carbocycles. The monoisotopic (exact) mass is 392 g/mol. The largest absolute Gasteiger partial charge is 0.378 e. The van der Waals surface area contributed by atoms with Crippen LogP contribution in [0.1, 0.15) is 44.1 Å². The lowest BCUT2D eigenvalue weighted by Crippen LogP contribution is -2.37. The standard InChI is InChI=1S/C14H21IN2O3/c1-9-4-6-14(20-3,7-5-9)13-16-10(8-19-2)11(15)12(18)17-13/h9H,4-8H2,1-3H3,(H,16,17,18). The van der Waals surface area contributed by atoms with Crippen LogP contribution in [-0.2, 0) is 21.7 Å². The zero-order valence-electron chi connectivity index (χ0n) is 12.2. The molecule has 1 heterocycles. The van der Waals surface area contributed by atoms with E-state index in [-0.39, 0.29) is 5.56 Å². The molecule has 1 N–H and O–H groups in total. The van der Waals surface area contributed by atoms with Gasteiger partial charge in [0.1, 0.15) is 15.0 Å². The minimum absolute atomic E-state index is 0.113.